The van der Waals surface area contributed by atoms with Gasteiger partial charge in [-0.05, 0) is 54.9 Å². The number of aryl methyl sites for hydroxylation is 2. The summed E-state index contributed by atoms with van der Waals surface area (Å²) in [5.41, 5.74) is 2.99. The van der Waals surface area contributed by atoms with Crippen LogP contribution in [0.2, 0.25) is 5.28 Å². The van der Waals surface area contributed by atoms with Gasteiger partial charge in [0.1, 0.15) is 5.82 Å². The van der Waals surface area contributed by atoms with Crippen LogP contribution < -0.4 is 0 Å². The molecule has 0 atom stereocenters. The van der Waals surface area contributed by atoms with E-state index >= 15 is 0 Å². The average molecular weight is 455 g/mol. The monoisotopic (exact) mass is 454 g/mol. The minimum absolute atomic E-state index is 0.102. The Balaban J connectivity index is 1.78. The van der Waals surface area contributed by atoms with Gasteiger partial charge in [-0.3, -0.25) is 0 Å². The van der Waals surface area contributed by atoms with Crippen LogP contribution in [0.5, 0.6) is 0 Å². The lowest BCUT2D eigenvalue weighted by atomic mass is 10.1. The van der Waals surface area contributed by atoms with Gasteiger partial charge in [0.05, 0.1) is 10.6 Å². The highest BCUT2D eigenvalue weighted by Gasteiger charge is 2.23. The van der Waals surface area contributed by atoms with Gasteiger partial charge in [-0.25, -0.2) is 21.8 Å². The third-order valence-electron chi connectivity index (χ3n) is 5.27. The van der Waals surface area contributed by atoms with Gasteiger partial charge < -0.3 is 4.57 Å². The van der Waals surface area contributed by atoms with Crippen LogP contribution in [-0.4, -0.2) is 26.9 Å². The lowest BCUT2D eigenvalue weighted by Gasteiger charge is -2.08. The predicted octanol–water partition coefficient (Wildman–Crippen LogP) is 4.93. The van der Waals surface area contributed by atoms with Gasteiger partial charge in [-0.1, -0.05) is 17.7 Å². The Labute approximate surface area is 182 Å². The van der Waals surface area contributed by atoms with Crippen LogP contribution >= 0.6 is 11.6 Å². The molecule has 0 aliphatic carbocycles. The molecule has 0 bridgehead atoms. The van der Waals surface area contributed by atoms with Crippen molar-refractivity contribution in [2.75, 3.05) is 0 Å². The second-order valence-electron chi connectivity index (χ2n) is 7.32. The summed E-state index contributed by atoms with van der Waals surface area (Å²) < 4.78 is 43.4. The molecule has 2 aromatic carbocycles. The molecular formula is C22H16ClFN4O2S. The fourth-order valence-corrected chi connectivity index (χ4v) is 5.20. The first kappa shape index (κ1) is 19.7. The van der Waals surface area contributed by atoms with E-state index in [1.54, 1.807) is 36.4 Å². The average Bonchev–Trinajstić information content (AvgIpc) is 3.29. The summed E-state index contributed by atoms with van der Waals surface area (Å²) in [5, 5.41) is 1.04. The predicted molar refractivity (Wildman–Crippen MR) is 118 cm³/mol. The largest absolute Gasteiger partial charge is 0.350 e. The van der Waals surface area contributed by atoms with Crippen molar-refractivity contribution < 1.29 is 12.8 Å². The quantitative estimate of drug-likeness (QED) is 0.362. The van der Waals surface area contributed by atoms with Gasteiger partial charge in [0.2, 0.25) is 5.28 Å². The van der Waals surface area contributed by atoms with E-state index < -0.39 is 10.0 Å². The minimum Gasteiger partial charge on any atom is -0.350 e. The zero-order chi connectivity index (χ0) is 21.9. The lowest BCUT2D eigenvalue weighted by Crippen LogP contribution is -2.12. The number of hydrogen-bond donors (Lipinski definition) is 0. The zero-order valence-electron chi connectivity index (χ0n) is 16.5. The molecule has 0 fully saturated rings. The molecule has 156 valence electrons. The Morgan fingerprint density at radius 1 is 1.00 bits per heavy atom. The third kappa shape index (κ3) is 3.10. The van der Waals surface area contributed by atoms with E-state index in [2.05, 4.69) is 9.97 Å². The molecule has 0 unspecified atom stereocenters. The molecule has 3 heterocycles. The number of rotatable bonds is 3. The zero-order valence-corrected chi connectivity index (χ0v) is 18.1. The topological polar surface area (TPSA) is 69.8 Å². The summed E-state index contributed by atoms with van der Waals surface area (Å²) in [6.07, 6.45) is 3.24. The second kappa shape index (κ2) is 6.90. The second-order valence-corrected chi connectivity index (χ2v) is 9.48. The summed E-state index contributed by atoms with van der Waals surface area (Å²) in [7, 11) is -2.05. The van der Waals surface area contributed by atoms with Gasteiger partial charge in [0.25, 0.3) is 10.0 Å². The van der Waals surface area contributed by atoms with Crippen LogP contribution in [0.4, 0.5) is 4.39 Å². The van der Waals surface area contributed by atoms with Gasteiger partial charge in [-0.2, -0.15) is 4.98 Å². The number of halogens is 2. The van der Waals surface area contributed by atoms with Crippen molar-refractivity contribution in [1.29, 1.82) is 0 Å². The van der Waals surface area contributed by atoms with E-state index in [1.165, 1.54) is 18.3 Å². The normalized spacial score (nSPS) is 12.1. The van der Waals surface area contributed by atoms with Crippen LogP contribution in [0.1, 0.15) is 5.56 Å². The molecule has 0 aliphatic rings. The molecule has 9 heteroatoms. The number of benzene rings is 2. The van der Waals surface area contributed by atoms with Crippen molar-refractivity contribution in [3.05, 3.63) is 77.6 Å². The molecule has 6 nitrogen and oxygen atoms in total. The van der Waals surface area contributed by atoms with Crippen molar-refractivity contribution in [3.8, 4) is 11.3 Å². The Hall–Kier alpha value is -3.23. The minimum atomic E-state index is -3.90. The van der Waals surface area contributed by atoms with E-state index in [0.29, 0.717) is 22.0 Å². The standard InChI is InChI=1S/C22H16ClFN4O2S/c1-13-3-6-15(7-4-13)31(29,30)28-10-9-16-20(25-22(23)26-21(16)28)18-12-27(2)19-8-5-14(24)11-17(18)19/h3-12H,1-2H3. The Bertz CT molecular complexity index is 1590. The molecule has 5 aromatic rings. The van der Waals surface area contributed by atoms with Crippen molar-refractivity contribution in [2.45, 2.75) is 11.8 Å². The maximum absolute atomic E-state index is 14.0. The van der Waals surface area contributed by atoms with E-state index in [1.807, 2.05) is 24.7 Å². The molecule has 0 radical (unpaired) electrons. The van der Waals surface area contributed by atoms with Gasteiger partial charge in [-0.15, -0.1) is 0 Å². The Morgan fingerprint density at radius 3 is 2.48 bits per heavy atom. The molecule has 31 heavy (non-hydrogen) atoms. The molecule has 0 saturated heterocycles. The van der Waals surface area contributed by atoms with Gasteiger partial charge in [0.15, 0.2) is 5.65 Å². The highest BCUT2D eigenvalue weighted by atomic mass is 35.5. The molecule has 0 aliphatic heterocycles. The van der Waals surface area contributed by atoms with Crippen LogP contribution in [0.25, 0.3) is 33.2 Å². The molecular weight excluding hydrogens is 439 g/mol. The smallest absolute Gasteiger partial charge is 0.269 e. The van der Waals surface area contributed by atoms with Crippen LogP contribution in [0, 0.1) is 12.7 Å². The number of nitrogens with zero attached hydrogens (tertiary/aromatic N) is 4. The van der Waals surface area contributed by atoms with Gasteiger partial charge >= 0.3 is 0 Å². The van der Waals surface area contributed by atoms with Crippen molar-refractivity contribution >= 4 is 43.6 Å². The molecule has 5 rings (SSSR count). The maximum Gasteiger partial charge on any atom is 0.269 e. The highest BCUT2D eigenvalue weighted by Crippen LogP contribution is 2.35. The van der Waals surface area contributed by atoms with Crippen molar-refractivity contribution in [2.24, 2.45) is 7.05 Å². The summed E-state index contributed by atoms with van der Waals surface area (Å²) in [6, 6.07) is 12.7. The maximum atomic E-state index is 14.0. The summed E-state index contributed by atoms with van der Waals surface area (Å²) in [5.74, 6) is -0.379. The molecule has 0 spiro atoms. The number of aromatic nitrogens is 4. The molecule has 0 N–H and O–H groups in total. The first-order chi connectivity index (χ1) is 14.8. The Morgan fingerprint density at radius 2 is 1.74 bits per heavy atom. The van der Waals surface area contributed by atoms with Crippen LogP contribution in [0.15, 0.2) is 65.8 Å². The lowest BCUT2D eigenvalue weighted by molar-refractivity contribution is 0.588. The molecule has 0 amide bonds. The fourth-order valence-electron chi connectivity index (χ4n) is 3.74. The van der Waals surface area contributed by atoms with Crippen molar-refractivity contribution in [1.82, 2.24) is 18.5 Å². The number of fused-ring (bicyclic) bond motifs is 2. The first-order valence-electron chi connectivity index (χ1n) is 9.37. The first-order valence-corrected chi connectivity index (χ1v) is 11.2. The van der Waals surface area contributed by atoms with E-state index in [-0.39, 0.29) is 21.6 Å². The third-order valence-corrected chi connectivity index (χ3v) is 7.12. The van der Waals surface area contributed by atoms with E-state index in [0.717, 1.165) is 15.1 Å². The van der Waals surface area contributed by atoms with Crippen LogP contribution in [0.3, 0.4) is 0 Å². The molecule has 0 saturated carbocycles. The SMILES string of the molecule is Cc1ccc(S(=O)(=O)n2ccc3c(-c4cn(C)c5ccc(F)cc45)nc(Cl)nc32)cc1. The summed E-state index contributed by atoms with van der Waals surface area (Å²) in [4.78, 5) is 8.69. The van der Waals surface area contributed by atoms with E-state index in [9.17, 15) is 12.8 Å². The van der Waals surface area contributed by atoms with Gasteiger partial charge in [0, 0.05) is 41.3 Å². The summed E-state index contributed by atoms with van der Waals surface area (Å²) in [6.45, 7) is 1.88. The number of hydrogen-bond acceptors (Lipinski definition) is 4. The van der Waals surface area contributed by atoms with Crippen LogP contribution in [-0.2, 0) is 17.1 Å². The van der Waals surface area contributed by atoms with Crippen molar-refractivity contribution in [3.63, 3.8) is 0 Å². The Kier molecular flexibility index (Phi) is 4.39. The summed E-state index contributed by atoms with van der Waals surface area (Å²) >= 11 is 6.20. The van der Waals surface area contributed by atoms with E-state index in [4.69, 9.17) is 11.6 Å². The highest BCUT2D eigenvalue weighted by molar-refractivity contribution is 7.90. The fraction of sp³-hybridized carbons (Fsp3) is 0.0909. The molecule has 3 aromatic heterocycles.